The van der Waals surface area contributed by atoms with Crippen LogP contribution in [0.1, 0.15) is 27.2 Å². The van der Waals surface area contributed by atoms with Gasteiger partial charge in [-0.3, -0.25) is 0 Å². The van der Waals surface area contributed by atoms with Crippen molar-refractivity contribution in [3.05, 3.63) is 0 Å². The highest BCUT2D eigenvalue weighted by atomic mass is 16.8. The molecule has 2 aliphatic rings. The summed E-state index contributed by atoms with van der Waals surface area (Å²) >= 11 is 0. The number of carbonyl (C=O) groups excluding carboxylic acids is 1. The molecule has 1 unspecified atom stereocenters. The third kappa shape index (κ3) is 1.34. The second-order valence-electron chi connectivity index (χ2n) is 3.90. The van der Waals surface area contributed by atoms with Gasteiger partial charge in [0.05, 0.1) is 0 Å². The number of hydrogen-bond acceptors (Lipinski definition) is 4. The summed E-state index contributed by atoms with van der Waals surface area (Å²) in [5, 5.41) is 0. The molecule has 0 N–H and O–H groups in total. The van der Waals surface area contributed by atoms with E-state index in [1.807, 2.05) is 20.8 Å². The summed E-state index contributed by atoms with van der Waals surface area (Å²) in [4.78, 5) is 11.3. The van der Waals surface area contributed by atoms with Crippen LogP contribution in [0, 0.1) is 0 Å². The number of fused-ring (bicyclic) bond motifs is 1. The third-order valence-electron chi connectivity index (χ3n) is 2.40. The molecule has 0 saturated carbocycles. The molecule has 0 radical (unpaired) electrons. The van der Waals surface area contributed by atoms with E-state index in [0.29, 0.717) is 0 Å². The zero-order valence-corrected chi connectivity index (χ0v) is 8.07. The van der Waals surface area contributed by atoms with Gasteiger partial charge in [-0.25, -0.2) is 4.79 Å². The Balaban J connectivity index is 2.17. The smallest absolute Gasteiger partial charge is 0.338 e. The van der Waals surface area contributed by atoms with Crippen molar-refractivity contribution in [3.8, 4) is 0 Å². The maximum Gasteiger partial charge on any atom is 0.338 e. The zero-order chi connectivity index (χ0) is 9.64. The second-order valence-corrected chi connectivity index (χ2v) is 3.90. The first-order valence-electron chi connectivity index (χ1n) is 4.59. The SMILES string of the molecule is CCC1OC(=O)[C@@H]2OC(C)(C)O[C@H]12. The Kier molecular flexibility index (Phi) is 1.85. The molecule has 4 heteroatoms. The van der Waals surface area contributed by atoms with Crippen molar-refractivity contribution in [1.82, 2.24) is 0 Å². The molecule has 0 aliphatic carbocycles. The van der Waals surface area contributed by atoms with Crippen LogP contribution < -0.4 is 0 Å². The normalized spacial score (nSPS) is 41.8. The highest BCUT2D eigenvalue weighted by Gasteiger charge is 2.55. The maximum atomic E-state index is 11.3. The van der Waals surface area contributed by atoms with E-state index in [9.17, 15) is 4.79 Å². The molecule has 0 amide bonds. The predicted molar refractivity (Wildman–Crippen MR) is 44.0 cm³/mol. The van der Waals surface area contributed by atoms with Crippen molar-refractivity contribution in [1.29, 1.82) is 0 Å². The van der Waals surface area contributed by atoms with Crippen LogP contribution >= 0.6 is 0 Å². The molecule has 0 aromatic heterocycles. The van der Waals surface area contributed by atoms with Gasteiger partial charge in [-0.15, -0.1) is 0 Å². The van der Waals surface area contributed by atoms with Crippen molar-refractivity contribution < 1.29 is 19.0 Å². The second kappa shape index (κ2) is 2.69. The third-order valence-corrected chi connectivity index (χ3v) is 2.40. The molecular formula is C9H14O4. The number of ether oxygens (including phenoxy) is 3. The lowest BCUT2D eigenvalue weighted by Gasteiger charge is -2.20. The highest BCUT2D eigenvalue weighted by Crippen LogP contribution is 2.36. The van der Waals surface area contributed by atoms with E-state index in [0.717, 1.165) is 6.42 Å². The van der Waals surface area contributed by atoms with Gasteiger partial charge in [0.1, 0.15) is 12.2 Å². The lowest BCUT2D eigenvalue weighted by molar-refractivity contribution is -0.186. The lowest BCUT2D eigenvalue weighted by Crippen LogP contribution is -2.28. The minimum absolute atomic E-state index is 0.140. The van der Waals surface area contributed by atoms with Crippen LogP contribution in [0.25, 0.3) is 0 Å². The van der Waals surface area contributed by atoms with E-state index in [-0.39, 0.29) is 18.2 Å². The number of hydrogen-bond donors (Lipinski definition) is 0. The molecule has 74 valence electrons. The van der Waals surface area contributed by atoms with E-state index in [2.05, 4.69) is 0 Å². The Labute approximate surface area is 77.1 Å². The fourth-order valence-corrected chi connectivity index (χ4v) is 1.84. The Morgan fingerprint density at radius 1 is 1.38 bits per heavy atom. The van der Waals surface area contributed by atoms with Crippen LogP contribution in [0.3, 0.4) is 0 Å². The summed E-state index contributed by atoms with van der Waals surface area (Å²) in [6, 6.07) is 0. The molecular weight excluding hydrogens is 172 g/mol. The summed E-state index contributed by atoms with van der Waals surface area (Å²) in [5.41, 5.74) is 0. The molecule has 0 aromatic carbocycles. The Bertz CT molecular complexity index is 236. The molecule has 0 bridgehead atoms. The van der Waals surface area contributed by atoms with Gasteiger partial charge in [0.25, 0.3) is 0 Å². The largest absolute Gasteiger partial charge is 0.457 e. The Morgan fingerprint density at radius 2 is 2.08 bits per heavy atom. The van der Waals surface area contributed by atoms with Crippen LogP contribution in [0.2, 0.25) is 0 Å². The van der Waals surface area contributed by atoms with Crippen LogP contribution in [0.15, 0.2) is 0 Å². The van der Waals surface area contributed by atoms with Gasteiger partial charge in [0.15, 0.2) is 11.9 Å². The van der Waals surface area contributed by atoms with Crippen LogP contribution in [-0.2, 0) is 19.0 Å². The topological polar surface area (TPSA) is 44.8 Å². The van der Waals surface area contributed by atoms with Crippen molar-refractivity contribution in [2.75, 3.05) is 0 Å². The number of carbonyl (C=O) groups is 1. The van der Waals surface area contributed by atoms with Gasteiger partial charge in [-0.1, -0.05) is 6.92 Å². The quantitative estimate of drug-likeness (QED) is 0.569. The van der Waals surface area contributed by atoms with Gasteiger partial charge >= 0.3 is 5.97 Å². The van der Waals surface area contributed by atoms with Crippen LogP contribution in [0.5, 0.6) is 0 Å². The van der Waals surface area contributed by atoms with E-state index in [1.54, 1.807) is 0 Å². The first-order chi connectivity index (χ1) is 6.03. The van der Waals surface area contributed by atoms with Gasteiger partial charge < -0.3 is 14.2 Å². The average Bonchev–Trinajstić information content (AvgIpc) is 2.47. The summed E-state index contributed by atoms with van der Waals surface area (Å²) in [5.74, 6) is -0.940. The molecule has 0 aromatic rings. The maximum absolute atomic E-state index is 11.3. The zero-order valence-electron chi connectivity index (χ0n) is 8.07. The molecule has 13 heavy (non-hydrogen) atoms. The molecule has 2 heterocycles. The van der Waals surface area contributed by atoms with Gasteiger partial charge in [-0.2, -0.15) is 0 Å². The van der Waals surface area contributed by atoms with E-state index in [4.69, 9.17) is 14.2 Å². The van der Waals surface area contributed by atoms with Crippen LogP contribution in [-0.4, -0.2) is 30.1 Å². The lowest BCUT2D eigenvalue weighted by atomic mass is 10.1. The molecule has 3 atom stereocenters. The molecule has 2 aliphatic heterocycles. The standard InChI is InChI=1S/C9H14O4/c1-4-5-6-7(8(10)11-5)13-9(2,3)12-6/h5-7H,4H2,1-3H3/t5?,6-,7-/m1/s1. The molecule has 0 spiro atoms. The number of cyclic esters (lactones) is 1. The van der Waals surface area contributed by atoms with Gasteiger partial charge in [0, 0.05) is 0 Å². The van der Waals surface area contributed by atoms with Crippen molar-refractivity contribution in [3.63, 3.8) is 0 Å². The summed E-state index contributed by atoms with van der Waals surface area (Å²) in [7, 11) is 0. The van der Waals surface area contributed by atoms with Crippen LogP contribution in [0.4, 0.5) is 0 Å². The van der Waals surface area contributed by atoms with Gasteiger partial charge in [0.2, 0.25) is 0 Å². The highest BCUT2D eigenvalue weighted by molar-refractivity contribution is 5.78. The molecule has 2 rings (SSSR count). The Morgan fingerprint density at radius 3 is 2.69 bits per heavy atom. The fraction of sp³-hybridized carbons (Fsp3) is 0.889. The minimum Gasteiger partial charge on any atom is -0.457 e. The van der Waals surface area contributed by atoms with Gasteiger partial charge in [-0.05, 0) is 20.3 Å². The number of esters is 1. The first kappa shape index (κ1) is 8.97. The van der Waals surface area contributed by atoms with E-state index in [1.165, 1.54) is 0 Å². The summed E-state index contributed by atoms with van der Waals surface area (Å²) < 4.78 is 16.1. The van der Waals surface area contributed by atoms with E-state index < -0.39 is 11.9 Å². The monoisotopic (exact) mass is 186 g/mol. The molecule has 2 fully saturated rings. The molecule has 4 nitrogen and oxygen atoms in total. The number of rotatable bonds is 1. The average molecular weight is 186 g/mol. The van der Waals surface area contributed by atoms with Crippen molar-refractivity contribution in [2.45, 2.75) is 51.3 Å². The minimum atomic E-state index is -0.651. The van der Waals surface area contributed by atoms with Crippen molar-refractivity contribution in [2.24, 2.45) is 0 Å². The molecule has 2 saturated heterocycles. The fourth-order valence-electron chi connectivity index (χ4n) is 1.84. The van der Waals surface area contributed by atoms with Crippen molar-refractivity contribution >= 4 is 5.97 Å². The summed E-state index contributed by atoms with van der Waals surface area (Å²) in [6.07, 6.45) is -0.0986. The van der Waals surface area contributed by atoms with E-state index >= 15 is 0 Å². The predicted octanol–water partition coefficient (Wildman–Crippen LogP) is 0.842. The summed E-state index contributed by atoms with van der Waals surface area (Å²) in [6.45, 7) is 5.59. The Hall–Kier alpha value is -0.610. The first-order valence-corrected chi connectivity index (χ1v) is 4.59.